The molecule has 1 N–H and O–H groups in total. The van der Waals surface area contributed by atoms with Gasteiger partial charge in [0.1, 0.15) is 0 Å². The van der Waals surface area contributed by atoms with E-state index in [1.165, 1.54) is 11.1 Å². The van der Waals surface area contributed by atoms with E-state index < -0.39 is 0 Å². The molecule has 3 heteroatoms. The number of rotatable bonds is 3. The summed E-state index contributed by atoms with van der Waals surface area (Å²) >= 11 is 3.58. The average molecular weight is 293 g/mol. The Morgan fingerprint density at radius 2 is 2.12 bits per heavy atom. The molecule has 0 aliphatic rings. The summed E-state index contributed by atoms with van der Waals surface area (Å²) < 4.78 is 1.05. The number of fused-ring (bicyclic) bond motifs is 1. The number of benzene rings is 1. The van der Waals surface area contributed by atoms with Gasteiger partial charge in [0, 0.05) is 27.8 Å². The molecule has 0 saturated carbocycles. The Hall–Kier alpha value is -1.09. The monoisotopic (exact) mass is 292 g/mol. The van der Waals surface area contributed by atoms with E-state index in [-0.39, 0.29) is 0 Å². The predicted octanol–water partition coefficient (Wildman–Crippen LogP) is 4.55. The van der Waals surface area contributed by atoms with Crippen molar-refractivity contribution < 1.29 is 0 Å². The predicted molar refractivity (Wildman–Crippen MR) is 77.7 cm³/mol. The van der Waals surface area contributed by atoms with Crippen LogP contribution in [0.5, 0.6) is 0 Å². The van der Waals surface area contributed by atoms with Crippen molar-refractivity contribution in [3.8, 4) is 0 Å². The van der Waals surface area contributed by atoms with Crippen molar-refractivity contribution in [1.29, 1.82) is 0 Å². The zero-order valence-electron chi connectivity index (χ0n) is 10.4. The number of para-hydroxylation sites is 1. The fourth-order valence-electron chi connectivity index (χ4n) is 1.87. The Bertz CT molecular complexity index is 535. The molecule has 0 radical (unpaired) electrons. The first-order valence-electron chi connectivity index (χ1n) is 5.96. The summed E-state index contributed by atoms with van der Waals surface area (Å²) in [5.41, 5.74) is 3.33. The second kappa shape index (κ2) is 5.05. The molecule has 2 rings (SSSR count). The first-order valence-corrected chi connectivity index (χ1v) is 6.75. The van der Waals surface area contributed by atoms with Gasteiger partial charge in [-0.1, -0.05) is 26.0 Å². The van der Waals surface area contributed by atoms with Crippen molar-refractivity contribution in [3.05, 3.63) is 34.4 Å². The maximum absolute atomic E-state index is 4.73. The zero-order valence-corrected chi connectivity index (χ0v) is 12.0. The summed E-state index contributed by atoms with van der Waals surface area (Å²) in [4.78, 5) is 4.73. The van der Waals surface area contributed by atoms with Crippen LogP contribution >= 0.6 is 15.9 Å². The highest BCUT2D eigenvalue weighted by molar-refractivity contribution is 9.10. The molecule has 1 heterocycles. The van der Waals surface area contributed by atoms with Crippen LogP contribution in [0.25, 0.3) is 10.9 Å². The molecule has 0 bridgehead atoms. The molecule has 0 amide bonds. The van der Waals surface area contributed by atoms with Crippen LogP contribution in [0.15, 0.2) is 28.7 Å². The molecule has 0 fully saturated rings. The first-order chi connectivity index (χ1) is 8.13. The summed E-state index contributed by atoms with van der Waals surface area (Å²) in [6, 6.07) is 8.34. The lowest BCUT2D eigenvalue weighted by Crippen LogP contribution is -2.01. The molecule has 0 aliphatic carbocycles. The Balaban J connectivity index is 2.72. The number of nitrogens with zero attached hydrogens (tertiary/aromatic N) is 1. The minimum atomic E-state index is 0.434. The number of halogens is 1. The van der Waals surface area contributed by atoms with Gasteiger partial charge >= 0.3 is 0 Å². The van der Waals surface area contributed by atoms with Gasteiger partial charge in [-0.25, -0.2) is 0 Å². The summed E-state index contributed by atoms with van der Waals surface area (Å²) in [5, 5.41) is 4.58. The number of nitrogens with one attached hydrogen (secondary N) is 1. The molecule has 0 aliphatic heterocycles. The van der Waals surface area contributed by atoms with Crippen LogP contribution in [0.4, 0.5) is 5.69 Å². The smallest absolute Gasteiger partial charge is 0.0868 e. The number of hydrogen-bond acceptors (Lipinski definition) is 2. The van der Waals surface area contributed by atoms with Crippen LogP contribution < -0.4 is 5.32 Å². The quantitative estimate of drug-likeness (QED) is 0.897. The van der Waals surface area contributed by atoms with Crippen molar-refractivity contribution in [3.63, 3.8) is 0 Å². The van der Waals surface area contributed by atoms with E-state index in [2.05, 4.69) is 54.2 Å². The summed E-state index contributed by atoms with van der Waals surface area (Å²) in [6.07, 6.45) is 0. The van der Waals surface area contributed by atoms with Gasteiger partial charge in [0.15, 0.2) is 0 Å². The number of aromatic nitrogens is 1. The van der Waals surface area contributed by atoms with E-state index in [1.54, 1.807) is 0 Å². The molecule has 2 nitrogen and oxygen atoms in total. The van der Waals surface area contributed by atoms with Crippen LogP contribution in [0.3, 0.4) is 0 Å². The van der Waals surface area contributed by atoms with Crippen LogP contribution in [0.2, 0.25) is 0 Å². The second-order valence-corrected chi connectivity index (χ2v) is 5.27. The van der Waals surface area contributed by atoms with Crippen molar-refractivity contribution >= 4 is 32.5 Å². The fourth-order valence-corrected chi connectivity index (χ4v) is 2.32. The van der Waals surface area contributed by atoms with Crippen molar-refractivity contribution in [1.82, 2.24) is 4.98 Å². The molecule has 0 spiro atoms. The lowest BCUT2D eigenvalue weighted by Gasteiger charge is -2.13. The lowest BCUT2D eigenvalue weighted by molar-refractivity contribution is 0.830. The highest BCUT2D eigenvalue weighted by Crippen LogP contribution is 2.30. The van der Waals surface area contributed by atoms with Gasteiger partial charge in [-0.15, -0.1) is 0 Å². The number of hydrogen-bond donors (Lipinski definition) is 1. The minimum absolute atomic E-state index is 0.434. The zero-order chi connectivity index (χ0) is 12.4. The third-order valence-electron chi connectivity index (χ3n) is 2.77. The normalized spacial score (nSPS) is 11.1. The topological polar surface area (TPSA) is 24.9 Å². The molecule has 2 aromatic rings. The van der Waals surface area contributed by atoms with Crippen LogP contribution in [-0.2, 0) is 0 Å². The molecule has 90 valence electrons. The average Bonchev–Trinajstić information content (AvgIpc) is 2.30. The maximum atomic E-state index is 4.73. The van der Waals surface area contributed by atoms with Crippen molar-refractivity contribution in [2.45, 2.75) is 26.7 Å². The van der Waals surface area contributed by atoms with Gasteiger partial charge < -0.3 is 5.32 Å². The lowest BCUT2D eigenvalue weighted by atomic mass is 10.1. The van der Waals surface area contributed by atoms with E-state index in [1.807, 2.05) is 12.1 Å². The van der Waals surface area contributed by atoms with Gasteiger partial charge in [-0.3, -0.25) is 4.98 Å². The van der Waals surface area contributed by atoms with Crippen LogP contribution in [-0.4, -0.2) is 11.5 Å². The fraction of sp³-hybridized carbons (Fsp3) is 0.357. The van der Waals surface area contributed by atoms with E-state index in [0.717, 1.165) is 22.2 Å². The summed E-state index contributed by atoms with van der Waals surface area (Å²) in [7, 11) is 0. The Morgan fingerprint density at radius 3 is 2.76 bits per heavy atom. The van der Waals surface area contributed by atoms with Gasteiger partial charge in [-0.05, 0) is 40.9 Å². The van der Waals surface area contributed by atoms with Crippen molar-refractivity contribution in [2.24, 2.45) is 0 Å². The van der Waals surface area contributed by atoms with Gasteiger partial charge in [-0.2, -0.15) is 0 Å². The number of pyridine rings is 1. The summed E-state index contributed by atoms with van der Waals surface area (Å²) in [5.74, 6) is 0.434. The molecule has 0 saturated heterocycles. The molecule has 0 unspecified atom stereocenters. The summed E-state index contributed by atoms with van der Waals surface area (Å²) in [6.45, 7) is 7.37. The molecule has 0 atom stereocenters. The molecule has 17 heavy (non-hydrogen) atoms. The van der Waals surface area contributed by atoms with Gasteiger partial charge in [0.25, 0.3) is 0 Å². The van der Waals surface area contributed by atoms with Gasteiger partial charge in [0.05, 0.1) is 5.52 Å². The van der Waals surface area contributed by atoms with Crippen LogP contribution in [0, 0.1) is 0 Å². The van der Waals surface area contributed by atoms with E-state index >= 15 is 0 Å². The number of anilines is 1. The van der Waals surface area contributed by atoms with Crippen LogP contribution in [0.1, 0.15) is 32.4 Å². The Labute approximate surface area is 111 Å². The minimum Gasteiger partial charge on any atom is -0.385 e. The SMILES string of the molecule is CCNc1cc(C(C)C)nc2c(Br)cccc12. The van der Waals surface area contributed by atoms with E-state index in [0.29, 0.717) is 5.92 Å². The highest BCUT2D eigenvalue weighted by Gasteiger charge is 2.09. The molecule has 1 aromatic heterocycles. The Morgan fingerprint density at radius 1 is 1.35 bits per heavy atom. The van der Waals surface area contributed by atoms with Gasteiger partial charge in [0.2, 0.25) is 0 Å². The molecular formula is C14H17BrN2. The van der Waals surface area contributed by atoms with E-state index in [4.69, 9.17) is 4.98 Å². The maximum Gasteiger partial charge on any atom is 0.0868 e. The third kappa shape index (κ3) is 2.44. The first kappa shape index (κ1) is 12.4. The standard InChI is InChI=1S/C14H17BrN2/c1-4-16-13-8-12(9(2)3)17-14-10(13)6-5-7-11(14)15/h5-9H,4H2,1-3H3,(H,16,17). The third-order valence-corrected chi connectivity index (χ3v) is 3.41. The highest BCUT2D eigenvalue weighted by atomic mass is 79.9. The van der Waals surface area contributed by atoms with E-state index in [9.17, 15) is 0 Å². The largest absolute Gasteiger partial charge is 0.385 e. The molecular weight excluding hydrogens is 276 g/mol. The second-order valence-electron chi connectivity index (χ2n) is 4.42. The molecule has 1 aromatic carbocycles. The van der Waals surface area contributed by atoms with Crippen molar-refractivity contribution in [2.75, 3.05) is 11.9 Å². The Kier molecular flexibility index (Phi) is 3.67.